The lowest BCUT2D eigenvalue weighted by Crippen LogP contribution is -2.29. The molecule has 2 heteroatoms. The monoisotopic (exact) mass is 221 g/mol. The summed E-state index contributed by atoms with van der Waals surface area (Å²) in [5.41, 5.74) is 3.85. The van der Waals surface area contributed by atoms with Crippen LogP contribution in [0.5, 0.6) is 0 Å². The summed E-state index contributed by atoms with van der Waals surface area (Å²) in [6.07, 6.45) is 9.51. The van der Waals surface area contributed by atoms with Gasteiger partial charge >= 0.3 is 0 Å². The minimum absolute atomic E-state index is 0.478. The van der Waals surface area contributed by atoms with Crippen molar-refractivity contribution < 1.29 is 0 Å². The molecule has 0 aliphatic heterocycles. The van der Waals surface area contributed by atoms with Crippen LogP contribution in [0.3, 0.4) is 0 Å². The van der Waals surface area contributed by atoms with Gasteiger partial charge < -0.3 is 5.32 Å². The first-order valence-corrected chi connectivity index (χ1v) is 6.98. The van der Waals surface area contributed by atoms with Gasteiger partial charge in [-0.1, -0.05) is 0 Å². The van der Waals surface area contributed by atoms with E-state index in [1.165, 1.54) is 44.9 Å². The van der Waals surface area contributed by atoms with Gasteiger partial charge in [0.05, 0.1) is 0 Å². The smallest absolute Gasteiger partial charge is 0.0220 e. The van der Waals surface area contributed by atoms with Gasteiger partial charge in [0, 0.05) is 10.4 Å². The Labute approximate surface area is 95.9 Å². The molecule has 0 radical (unpaired) electrons. The maximum absolute atomic E-state index is 3.50. The lowest BCUT2D eigenvalue weighted by atomic mass is 9.92. The first-order chi connectivity index (χ1) is 7.33. The Morgan fingerprint density at radius 2 is 2.13 bits per heavy atom. The van der Waals surface area contributed by atoms with Crippen LogP contribution in [0, 0.1) is 0 Å². The van der Waals surface area contributed by atoms with E-state index in [0.717, 1.165) is 0 Å². The summed E-state index contributed by atoms with van der Waals surface area (Å²) < 4.78 is 0. The summed E-state index contributed by atoms with van der Waals surface area (Å²) >= 11 is 2.00. The molecular formula is C13H19NS. The Bertz CT molecular complexity index is 363. The van der Waals surface area contributed by atoms with Crippen LogP contribution >= 0.6 is 11.3 Å². The number of thiophene rings is 1. The van der Waals surface area contributed by atoms with E-state index in [9.17, 15) is 0 Å². The molecular weight excluding hydrogens is 202 g/mol. The molecule has 0 spiro atoms. The minimum atomic E-state index is 0.478. The normalized spacial score (nSPS) is 22.5. The third-order valence-corrected chi connectivity index (χ3v) is 5.20. The fourth-order valence-corrected chi connectivity index (χ4v) is 3.89. The summed E-state index contributed by atoms with van der Waals surface area (Å²) in [6.45, 7) is 0. The van der Waals surface area contributed by atoms with E-state index >= 15 is 0 Å². The summed E-state index contributed by atoms with van der Waals surface area (Å²) in [6, 6.07) is 0. The molecule has 2 aliphatic rings. The Morgan fingerprint density at radius 3 is 2.87 bits per heavy atom. The second kappa shape index (κ2) is 3.60. The second-order valence-corrected chi connectivity index (χ2v) is 6.04. The molecule has 82 valence electrons. The number of rotatable bonds is 3. The van der Waals surface area contributed by atoms with Crippen molar-refractivity contribution in [3.05, 3.63) is 21.4 Å². The van der Waals surface area contributed by atoms with Gasteiger partial charge in [0.1, 0.15) is 0 Å². The largest absolute Gasteiger partial charge is 0.314 e. The topological polar surface area (TPSA) is 12.0 Å². The molecule has 1 aromatic heterocycles. The van der Waals surface area contributed by atoms with Crippen molar-refractivity contribution >= 4 is 11.3 Å². The lowest BCUT2D eigenvalue weighted by Gasteiger charge is -2.17. The average Bonchev–Trinajstić information content (AvgIpc) is 2.95. The fourth-order valence-electron chi connectivity index (χ4n) is 2.74. The Morgan fingerprint density at radius 1 is 1.33 bits per heavy atom. The Balaban J connectivity index is 1.83. The van der Waals surface area contributed by atoms with Crippen LogP contribution in [0.4, 0.5) is 0 Å². The minimum Gasteiger partial charge on any atom is -0.314 e. The van der Waals surface area contributed by atoms with Crippen LogP contribution in [0.25, 0.3) is 0 Å². The van der Waals surface area contributed by atoms with Gasteiger partial charge in [-0.15, -0.1) is 11.3 Å². The molecule has 1 N–H and O–H groups in total. The van der Waals surface area contributed by atoms with Crippen LogP contribution in [0.2, 0.25) is 0 Å². The number of hydrogen-bond donors (Lipinski definition) is 1. The third kappa shape index (κ3) is 1.74. The summed E-state index contributed by atoms with van der Waals surface area (Å²) in [4.78, 5) is 1.68. The van der Waals surface area contributed by atoms with Gasteiger partial charge in [0.2, 0.25) is 0 Å². The SMILES string of the molecule is CNC1(Cc2csc3c2CCCC3)CC1. The average molecular weight is 221 g/mol. The van der Waals surface area contributed by atoms with Gasteiger partial charge in [0.25, 0.3) is 0 Å². The van der Waals surface area contributed by atoms with E-state index in [2.05, 4.69) is 17.7 Å². The van der Waals surface area contributed by atoms with E-state index in [1.54, 1.807) is 16.0 Å². The Hall–Kier alpha value is -0.340. The molecule has 1 fully saturated rings. The van der Waals surface area contributed by atoms with Crippen molar-refractivity contribution in [1.82, 2.24) is 5.32 Å². The molecule has 1 nitrogen and oxygen atoms in total. The van der Waals surface area contributed by atoms with Gasteiger partial charge in [0.15, 0.2) is 0 Å². The molecule has 0 saturated heterocycles. The van der Waals surface area contributed by atoms with E-state index in [0.29, 0.717) is 5.54 Å². The molecule has 0 atom stereocenters. The molecule has 0 bridgehead atoms. The van der Waals surface area contributed by atoms with Crippen molar-refractivity contribution in [3.8, 4) is 0 Å². The van der Waals surface area contributed by atoms with Crippen molar-refractivity contribution in [3.63, 3.8) is 0 Å². The van der Waals surface area contributed by atoms with Crippen LogP contribution in [-0.2, 0) is 19.3 Å². The van der Waals surface area contributed by atoms with Crippen molar-refractivity contribution in [1.29, 1.82) is 0 Å². The molecule has 15 heavy (non-hydrogen) atoms. The first-order valence-electron chi connectivity index (χ1n) is 6.10. The maximum atomic E-state index is 3.50. The standard InChI is InChI=1S/C13H19NS/c1-14-13(6-7-13)8-10-9-15-12-5-3-2-4-11(10)12/h9,14H,2-8H2,1H3. The summed E-state index contributed by atoms with van der Waals surface area (Å²) in [5, 5.41) is 5.93. The van der Waals surface area contributed by atoms with Crippen molar-refractivity contribution in [2.75, 3.05) is 7.05 Å². The molecule has 1 saturated carbocycles. The zero-order valence-corrected chi connectivity index (χ0v) is 10.3. The van der Waals surface area contributed by atoms with Crippen LogP contribution in [0.1, 0.15) is 41.7 Å². The maximum Gasteiger partial charge on any atom is 0.0220 e. The van der Waals surface area contributed by atoms with Crippen LogP contribution in [-0.4, -0.2) is 12.6 Å². The van der Waals surface area contributed by atoms with Crippen LogP contribution < -0.4 is 5.32 Å². The molecule has 2 aliphatic carbocycles. The number of likely N-dealkylation sites (N-methyl/N-ethyl adjacent to an activating group) is 1. The quantitative estimate of drug-likeness (QED) is 0.827. The van der Waals surface area contributed by atoms with E-state index in [-0.39, 0.29) is 0 Å². The highest BCUT2D eigenvalue weighted by Crippen LogP contribution is 2.41. The van der Waals surface area contributed by atoms with Gasteiger partial charge in [-0.2, -0.15) is 0 Å². The first kappa shape index (κ1) is 9.86. The number of fused-ring (bicyclic) bond motifs is 1. The molecule has 0 unspecified atom stereocenters. The van der Waals surface area contributed by atoms with Gasteiger partial charge in [-0.05, 0) is 68.5 Å². The van der Waals surface area contributed by atoms with E-state index < -0.39 is 0 Å². The van der Waals surface area contributed by atoms with Gasteiger partial charge in [-0.25, -0.2) is 0 Å². The number of hydrogen-bond acceptors (Lipinski definition) is 2. The van der Waals surface area contributed by atoms with Gasteiger partial charge in [-0.3, -0.25) is 0 Å². The summed E-state index contributed by atoms with van der Waals surface area (Å²) in [5.74, 6) is 0. The second-order valence-electron chi connectivity index (χ2n) is 5.08. The number of aryl methyl sites for hydroxylation is 1. The molecule has 1 heterocycles. The van der Waals surface area contributed by atoms with E-state index in [4.69, 9.17) is 0 Å². The molecule has 0 amide bonds. The number of nitrogens with one attached hydrogen (secondary N) is 1. The fraction of sp³-hybridized carbons (Fsp3) is 0.692. The molecule has 1 aromatic rings. The highest BCUT2D eigenvalue weighted by atomic mass is 32.1. The Kier molecular flexibility index (Phi) is 2.37. The zero-order valence-electron chi connectivity index (χ0n) is 9.44. The third-order valence-electron chi connectivity index (χ3n) is 4.06. The predicted molar refractivity (Wildman–Crippen MR) is 65.7 cm³/mol. The zero-order chi connectivity index (χ0) is 10.3. The lowest BCUT2D eigenvalue weighted by molar-refractivity contribution is 0.545. The van der Waals surface area contributed by atoms with Crippen molar-refractivity contribution in [2.24, 2.45) is 0 Å². The molecule has 0 aromatic carbocycles. The van der Waals surface area contributed by atoms with Crippen molar-refractivity contribution in [2.45, 2.75) is 50.5 Å². The predicted octanol–water partition coefficient (Wildman–Crippen LogP) is 2.92. The van der Waals surface area contributed by atoms with E-state index in [1.807, 2.05) is 11.3 Å². The highest BCUT2D eigenvalue weighted by molar-refractivity contribution is 7.10. The highest BCUT2D eigenvalue weighted by Gasteiger charge is 2.41. The van der Waals surface area contributed by atoms with Crippen LogP contribution in [0.15, 0.2) is 5.38 Å². The summed E-state index contributed by atoms with van der Waals surface area (Å²) in [7, 11) is 2.12. The molecule has 3 rings (SSSR count).